The summed E-state index contributed by atoms with van der Waals surface area (Å²) in [5.41, 5.74) is 5.98. The third-order valence-corrected chi connectivity index (χ3v) is 3.67. The largest absolute Gasteiger partial charge is 0.394 e. The van der Waals surface area contributed by atoms with E-state index in [1.807, 2.05) is 30.3 Å². The highest BCUT2D eigenvalue weighted by atomic mass is 16.3. The first-order valence-electron chi connectivity index (χ1n) is 6.33. The quantitative estimate of drug-likeness (QED) is 0.833. The minimum atomic E-state index is -1.03. The summed E-state index contributed by atoms with van der Waals surface area (Å²) in [4.78, 5) is 14.2. The van der Waals surface area contributed by atoms with E-state index < -0.39 is 5.54 Å². The lowest BCUT2D eigenvalue weighted by Gasteiger charge is -2.32. The summed E-state index contributed by atoms with van der Waals surface area (Å²) in [5.74, 6) is -0.106. The molecule has 1 amide bonds. The van der Waals surface area contributed by atoms with Gasteiger partial charge in [-0.25, -0.2) is 0 Å². The number of hydrogen-bond acceptors (Lipinski definition) is 3. The number of benzene rings is 1. The van der Waals surface area contributed by atoms with Crippen molar-refractivity contribution in [3.63, 3.8) is 0 Å². The van der Waals surface area contributed by atoms with Crippen molar-refractivity contribution in [3.8, 4) is 0 Å². The summed E-state index contributed by atoms with van der Waals surface area (Å²) in [6.45, 7) is 2.43. The molecule has 1 saturated heterocycles. The highest BCUT2D eigenvalue weighted by molar-refractivity contribution is 5.87. The fourth-order valence-corrected chi connectivity index (χ4v) is 2.50. The Morgan fingerprint density at radius 1 is 1.50 bits per heavy atom. The van der Waals surface area contributed by atoms with Gasteiger partial charge in [0, 0.05) is 6.54 Å². The molecular weight excluding hydrogens is 228 g/mol. The zero-order chi connectivity index (χ0) is 13.2. The fraction of sp³-hybridized carbons (Fsp3) is 0.500. The minimum Gasteiger partial charge on any atom is -0.394 e. The van der Waals surface area contributed by atoms with Gasteiger partial charge in [-0.05, 0) is 25.3 Å². The minimum absolute atomic E-state index is 0.0105. The van der Waals surface area contributed by atoms with E-state index in [1.165, 1.54) is 0 Å². The van der Waals surface area contributed by atoms with Crippen LogP contribution in [0.2, 0.25) is 0 Å². The van der Waals surface area contributed by atoms with Gasteiger partial charge >= 0.3 is 0 Å². The zero-order valence-electron chi connectivity index (χ0n) is 10.7. The highest BCUT2D eigenvalue weighted by Gasteiger charge is 2.38. The van der Waals surface area contributed by atoms with Crippen LogP contribution in [-0.2, 0) is 10.3 Å². The molecular formula is C14H20N2O2. The molecule has 3 N–H and O–H groups in total. The maximum atomic E-state index is 12.5. The molecule has 0 aromatic heterocycles. The predicted molar refractivity (Wildman–Crippen MR) is 69.8 cm³/mol. The van der Waals surface area contributed by atoms with E-state index in [9.17, 15) is 9.90 Å². The zero-order valence-corrected chi connectivity index (χ0v) is 10.7. The molecule has 98 valence electrons. The Labute approximate surface area is 107 Å². The highest BCUT2D eigenvalue weighted by Crippen LogP contribution is 2.25. The Morgan fingerprint density at radius 2 is 2.17 bits per heavy atom. The van der Waals surface area contributed by atoms with Gasteiger partial charge in [-0.15, -0.1) is 0 Å². The number of hydrogen-bond donors (Lipinski definition) is 2. The molecule has 4 heteroatoms. The van der Waals surface area contributed by atoms with E-state index in [1.54, 1.807) is 11.8 Å². The van der Waals surface area contributed by atoms with Crippen molar-refractivity contribution >= 4 is 5.91 Å². The van der Waals surface area contributed by atoms with Crippen LogP contribution in [0.25, 0.3) is 0 Å². The molecule has 1 aliphatic heterocycles. The molecule has 1 fully saturated rings. The number of carbonyl (C=O) groups is 1. The lowest BCUT2D eigenvalue weighted by atomic mass is 9.91. The summed E-state index contributed by atoms with van der Waals surface area (Å²) in [7, 11) is 0. The normalized spacial score (nSPS) is 22.8. The van der Waals surface area contributed by atoms with Gasteiger partial charge in [0.25, 0.3) is 0 Å². The first-order valence-corrected chi connectivity index (χ1v) is 6.33. The van der Waals surface area contributed by atoms with Crippen LogP contribution >= 0.6 is 0 Å². The fourth-order valence-electron chi connectivity index (χ4n) is 2.50. The monoisotopic (exact) mass is 248 g/mol. The van der Waals surface area contributed by atoms with Gasteiger partial charge in [-0.3, -0.25) is 4.79 Å². The second-order valence-corrected chi connectivity index (χ2v) is 5.05. The standard InChI is InChI=1S/C14H20N2O2/c1-14(15,11-6-3-2-4-7-11)13(18)16-9-5-8-12(16)10-17/h2-4,6-7,12,17H,5,8-10,15H2,1H3/t12-,14?/m0/s1. The van der Waals surface area contributed by atoms with E-state index >= 15 is 0 Å². The van der Waals surface area contributed by atoms with Crippen LogP contribution < -0.4 is 5.73 Å². The average Bonchev–Trinajstić information content (AvgIpc) is 2.87. The van der Waals surface area contributed by atoms with Crippen LogP contribution in [0.3, 0.4) is 0 Å². The number of nitrogens with two attached hydrogens (primary N) is 1. The van der Waals surface area contributed by atoms with Gasteiger partial charge in [0.2, 0.25) is 5.91 Å². The van der Waals surface area contributed by atoms with Gasteiger partial charge in [0.05, 0.1) is 12.6 Å². The number of rotatable bonds is 3. The second kappa shape index (κ2) is 5.08. The second-order valence-electron chi connectivity index (χ2n) is 5.05. The SMILES string of the molecule is CC(N)(C(=O)N1CCC[C@H]1CO)c1ccccc1. The number of carbonyl (C=O) groups excluding carboxylic acids is 1. The van der Waals surface area contributed by atoms with E-state index in [0.29, 0.717) is 6.54 Å². The summed E-state index contributed by atoms with van der Waals surface area (Å²) in [6.07, 6.45) is 1.79. The predicted octanol–water partition coefficient (Wildman–Crippen LogP) is 0.844. The van der Waals surface area contributed by atoms with Crippen LogP contribution in [0.4, 0.5) is 0 Å². The topological polar surface area (TPSA) is 66.6 Å². The Kier molecular flexibility index (Phi) is 3.68. The summed E-state index contributed by atoms with van der Waals surface area (Å²) in [6, 6.07) is 9.30. The van der Waals surface area contributed by atoms with E-state index in [4.69, 9.17) is 5.73 Å². The Hall–Kier alpha value is -1.39. The van der Waals surface area contributed by atoms with Gasteiger partial charge in [0.15, 0.2) is 0 Å². The molecule has 0 radical (unpaired) electrons. The van der Waals surface area contributed by atoms with Crippen LogP contribution in [0, 0.1) is 0 Å². The van der Waals surface area contributed by atoms with Crippen molar-refractivity contribution in [1.82, 2.24) is 4.90 Å². The van der Waals surface area contributed by atoms with Crippen molar-refractivity contribution in [1.29, 1.82) is 0 Å². The van der Waals surface area contributed by atoms with Crippen molar-refractivity contribution in [2.24, 2.45) is 5.73 Å². The number of nitrogens with zero attached hydrogens (tertiary/aromatic N) is 1. The smallest absolute Gasteiger partial charge is 0.247 e. The average molecular weight is 248 g/mol. The number of aliphatic hydroxyl groups is 1. The van der Waals surface area contributed by atoms with Crippen molar-refractivity contribution < 1.29 is 9.90 Å². The molecule has 1 aliphatic rings. The molecule has 1 aromatic carbocycles. The molecule has 1 heterocycles. The third kappa shape index (κ3) is 2.26. The third-order valence-electron chi connectivity index (χ3n) is 3.67. The Bertz CT molecular complexity index is 417. The van der Waals surface area contributed by atoms with E-state index in [0.717, 1.165) is 18.4 Å². The van der Waals surface area contributed by atoms with E-state index in [2.05, 4.69) is 0 Å². The number of likely N-dealkylation sites (tertiary alicyclic amines) is 1. The first kappa shape index (κ1) is 13.1. The molecule has 0 spiro atoms. The van der Waals surface area contributed by atoms with Crippen molar-refractivity contribution in [2.75, 3.05) is 13.2 Å². The molecule has 4 nitrogen and oxygen atoms in total. The molecule has 2 atom stereocenters. The molecule has 1 unspecified atom stereocenters. The summed E-state index contributed by atoms with van der Waals surface area (Å²) in [5, 5.41) is 9.29. The van der Waals surface area contributed by atoms with Crippen molar-refractivity contribution in [2.45, 2.75) is 31.3 Å². The number of aliphatic hydroxyl groups excluding tert-OH is 1. The number of amides is 1. The Balaban J connectivity index is 2.22. The summed E-state index contributed by atoms with van der Waals surface area (Å²) >= 11 is 0. The maximum absolute atomic E-state index is 12.5. The molecule has 1 aromatic rings. The molecule has 0 saturated carbocycles. The Morgan fingerprint density at radius 3 is 2.78 bits per heavy atom. The van der Waals surface area contributed by atoms with Gasteiger partial charge in [-0.2, -0.15) is 0 Å². The molecule has 0 aliphatic carbocycles. The maximum Gasteiger partial charge on any atom is 0.247 e. The lowest BCUT2D eigenvalue weighted by molar-refractivity contribution is -0.138. The summed E-state index contributed by atoms with van der Waals surface area (Å²) < 4.78 is 0. The lowest BCUT2D eigenvalue weighted by Crippen LogP contribution is -2.53. The molecule has 2 rings (SSSR count). The molecule has 18 heavy (non-hydrogen) atoms. The van der Waals surface area contributed by atoms with Crippen LogP contribution in [0.1, 0.15) is 25.3 Å². The van der Waals surface area contributed by atoms with E-state index in [-0.39, 0.29) is 18.6 Å². The molecule has 0 bridgehead atoms. The first-order chi connectivity index (χ1) is 8.57. The van der Waals surface area contributed by atoms with Crippen LogP contribution in [0.5, 0.6) is 0 Å². The van der Waals surface area contributed by atoms with Gasteiger partial charge < -0.3 is 15.7 Å². The van der Waals surface area contributed by atoms with Gasteiger partial charge in [-0.1, -0.05) is 30.3 Å². The van der Waals surface area contributed by atoms with Gasteiger partial charge in [0.1, 0.15) is 5.54 Å². The van der Waals surface area contributed by atoms with Crippen LogP contribution in [-0.4, -0.2) is 35.1 Å². The van der Waals surface area contributed by atoms with Crippen molar-refractivity contribution in [3.05, 3.63) is 35.9 Å². The van der Waals surface area contributed by atoms with Crippen LogP contribution in [0.15, 0.2) is 30.3 Å².